The third kappa shape index (κ3) is 1.64. The third-order valence-corrected chi connectivity index (χ3v) is 2.18. The maximum absolute atomic E-state index is 11.3. The Labute approximate surface area is 90.5 Å². The number of halogens is 1. The van der Waals surface area contributed by atoms with Gasteiger partial charge in [0.25, 0.3) is 0 Å². The van der Waals surface area contributed by atoms with Crippen LogP contribution < -0.4 is 0 Å². The van der Waals surface area contributed by atoms with Gasteiger partial charge in [0, 0.05) is 12.3 Å². The number of fused-ring (bicyclic) bond motifs is 1. The fraction of sp³-hybridized carbons (Fsp3) is 0.100. The molecule has 0 spiro atoms. The smallest absolute Gasteiger partial charge is 0.223 e. The van der Waals surface area contributed by atoms with Gasteiger partial charge in [-0.15, -0.1) is 0 Å². The van der Waals surface area contributed by atoms with E-state index in [0.717, 1.165) is 0 Å². The lowest BCUT2D eigenvalue weighted by Crippen LogP contribution is -2.00. The summed E-state index contributed by atoms with van der Waals surface area (Å²) >= 11 is 5.65. The normalized spacial score (nSPS) is 10.5. The van der Waals surface area contributed by atoms with E-state index in [0.29, 0.717) is 10.9 Å². The SMILES string of the molecule is CC(=O)c1nc(Cl)nc2c(O)cccc12. The van der Waals surface area contributed by atoms with E-state index < -0.39 is 0 Å². The van der Waals surface area contributed by atoms with E-state index in [1.54, 1.807) is 12.1 Å². The first-order chi connectivity index (χ1) is 7.09. The molecule has 2 aromatic rings. The molecule has 0 unspecified atom stereocenters. The monoisotopic (exact) mass is 222 g/mol. The van der Waals surface area contributed by atoms with Crippen LogP contribution in [0.3, 0.4) is 0 Å². The minimum absolute atomic E-state index is 0.0145. The van der Waals surface area contributed by atoms with Crippen molar-refractivity contribution in [2.45, 2.75) is 6.92 Å². The van der Waals surface area contributed by atoms with E-state index in [2.05, 4.69) is 9.97 Å². The van der Waals surface area contributed by atoms with E-state index in [1.165, 1.54) is 13.0 Å². The molecule has 0 saturated carbocycles. The zero-order valence-corrected chi connectivity index (χ0v) is 8.62. The largest absolute Gasteiger partial charge is 0.506 e. The molecule has 2 rings (SSSR count). The van der Waals surface area contributed by atoms with Crippen LogP contribution in [0.1, 0.15) is 17.4 Å². The molecule has 5 heteroatoms. The van der Waals surface area contributed by atoms with E-state index in [-0.39, 0.29) is 22.5 Å². The van der Waals surface area contributed by atoms with Crippen LogP contribution in [-0.2, 0) is 0 Å². The lowest BCUT2D eigenvalue weighted by atomic mass is 10.1. The number of phenolic OH excluding ortho intramolecular Hbond substituents is 1. The average Bonchev–Trinajstić information content (AvgIpc) is 2.18. The molecule has 1 aromatic carbocycles. The highest BCUT2D eigenvalue weighted by Crippen LogP contribution is 2.25. The minimum Gasteiger partial charge on any atom is -0.506 e. The highest BCUT2D eigenvalue weighted by Gasteiger charge is 2.12. The molecule has 0 aliphatic heterocycles. The Hall–Kier alpha value is -1.68. The van der Waals surface area contributed by atoms with Gasteiger partial charge in [-0.3, -0.25) is 4.79 Å². The zero-order valence-electron chi connectivity index (χ0n) is 7.86. The van der Waals surface area contributed by atoms with E-state index in [1.807, 2.05) is 0 Å². The Morgan fingerprint density at radius 1 is 1.40 bits per heavy atom. The molecule has 0 bridgehead atoms. The molecule has 76 valence electrons. The fourth-order valence-corrected chi connectivity index (χ4v) is 1.55. The third-order valence-electron chi connectivity index (χ3n) is 2.01. The number of aromatic nitrogens is 2. The summed E-state index contributed by atoms with van der Waals surface area (Å²) in [7, 11) is 0. The van der Waals surface area contributed by atoms with Crippen molar-refractivity contribution in [2.24, 2.45) is 0 Å². The lowest BCUT2D eigenvalue weighted by Gasteiger charge is -2.03. The molecule has 1 heterocycles. The average molecular weight is 223 g/mol. The summed E-state index contributed by atoms with van der Waals surface area (Å²) in [6.07, 6.45) is 0. The Balaban J connectivity index is 2.92. The molecule has 0 aliphatic rings. The second kappa shape index (κ2) is 3.47. The summed E-state index contributed by atoms with van der Waals surface area (Å²) in [5.74, 6) is -0.228. The van der Waals surface area contributed by atoms with Gasteiger partial charge >= 0.3 is 0 Å². The van der Waals surface area contributed by atoms with E-state index in [9.17, 15) is 9.90 Å². The molecule has 0 amide bonds. The zero-order chi connectivity index (χ0) is 11.0. The van der Waals surface area contributed by atoms with Crippen molar-refractivity contribution in [1.29, 1.82) is 0 Å². The highest BCUT2D eigenvalue weighted by molar-refractivity contribution is 6.29. The van der Waals surface area contributed by atoms with Crippen molar-refractivity contribution in [1.82, 2.24) is 9.97 Å². The number of carbonyl (C=O) groups is 1. The first-order valence-corrected chi connectivity index (χ1v) is 4.63. The number of aromatic hydroxyl groups is 1. The van der Waals surface area contributed by atoms with Crippen LogP contribution in [0.2, 0.25) is 5.28 Å². The number of phenols is 1. The Kier molecular flexibility index (Phi) is 2.28. The van der Waals surface area contributed by atoms with Gasteiger partial charge in [0.05, 0.1) is 0 Å². The van der Waals surface area contributed by atoms with Gasteiger partial charge in [0.1, 0.15) is 17.0 Å². The topological polar surface area (TPSA) is 63.1 Å². The van der Waals surface area contributed by atoms with E-state index >= 15 is 0 Å². The van der Waals surface area contributed by atoms with Gasteiger partial charge in [-0.2, -0.15) is 0 Å². The molecule has 15 heavy (non-hydrogen) atoms. The van der Waals surface area contributed by atoms with Gasteiger partial charge in [-0.25, -0.2) is 9.97 Å². The molecule has 0 fully saturated rings. The van der Waals surface area contributed by atoms with Crippen LogP contribution in [0.5, 0.6) is 5.75 Å². The summed E-state index contributed by atoms with van der Waals surface area (Å²) in [4.78, 5) is 19.0. The van der Waals surface area contributed by atoms with Gasteiger partial charge in [-0.1, -0.05) is 12.1 Å². The summed E-state index contributed by atoms with van der Waals surface area (Å²) in [5, 5.41) is 10.0. The number of hydrogen-bond donors (Lipinski definition) is 1. The molecular formula is C10H7ClN2O2. The van der Waals surface area contributed by atoms with Gasteiger partial charge in [0.15, 0.2) is 5.78 Å². The molecule has 1 aromatic heterocycles. The standard InChI is InChI=1S/C10H7ClN2O2/c1-5(14)8-6-3-2-4-7(15)9(6)13-10(11)12-8/h2-4,15H,1H3. The number of benzene rings is 1. The number of ketones is 1. The predicted octanol–water partition coefficient (Wildman–Crippen LogP) is 2.19. The number of hydrogen-bond acceptors (Lipinski definition) is 4. The maximum atomic E-state index is 11.3. The van der Waals surface area contributed by atoms with Crippen molar-refractivity contribution >= 4 is 28.3 Å². The summed E-state index contributed by atoms with van der Waals surface area (Å²) in [6, 6.07) is 4.78. The maximum Gasteiger partial charge on any atom is 0.223 e. The highest BCUT2D eigenvalue weighted by atomic mass is 35.5. The van der Waals surface area contributed by atoms with Crippen molar-refractivity contribution in [2.75, 3.05) is 0 Å². The molecular weight excluding hydrogens is 216 g/mol. The van der Waals surface area contributed by atoms with Crippen LogP contribution >= 0.6 is 11.6 Å². The van der Waals surface area contributed by atoms with Gasteiger partial charge in [0.2, 0.25) is 5.28 Å². The molecule has 0 aliphatic carbocycles. The molecule has 0 radical (unpaired) electrons. The molecule has 4 nitrogen and oxygen atoms in total. The number of rotatable bonds is 1. The molecule has 0 saturated heterocycles. The minimum atomic E-state index is -0.213. The second-order valence-electron chi connectivity index (χ2n) is 3.07. The van der Waals surface area contributed by atoms with Crippen LogP contribution in [-0.4, -0.2) is 20.9 Å². The van der Waals surface area contributed by atoms with Crippen molar-refractivity contribution < 1.29 is 9.90 Å². The van der Waals surface area contributed by atoms with Gasteiger partial charge in [-0.05, 0) is 17.7 Å². The summed E-state index contributed by atoms with van der Waals surface area (Å²) in [5.41, 5.74) is 0.517. The van der Waals surface area contributed by atoms with Crippen molar-refractivity contribution in [3.63, 3.8) is 0 Å². The molecule has 1 N–H and O–H groups in total. The fourth-order valence-electron chi connectivity index (χ4n) is 1.38. The number of para-hydroxylation sites is 1. The summed E-state index contributed by atoms with van der Waals surface area (Å²) < 4.78 is 0. The molecule has 0 atom stereocenters. The second-order valence-corrected chi connectivity index (χ2v) is 3.41. The number of nitrogens with zero attached hydrogens (tertiary/aromatic N) is 2. The summed E-state index contributed by atoms with van der Waals surface area (Å²) in [6.45, 7) is 1.39. The van der Waals surface area contributed by atoms with Crippen LogP contribution in [0.15, 0.2) is 18.2 Å². The van der Waals surface area contributed by atoms with E-state index in [4.69, 9.17) is 11.6 Å². The first-order valence-electron chi connectivity index (χ1n) is 4.26. The first kappa shape index (κ1) is 9.86. The Morgan fingerprint density at radius 3 is 2.80 bits per heavy atom. The van der Waals surface area contributed by atoms with Crippen LogP contribution in [0.4, 0.5) is 0 Å². The number of Topliss-reactive ketones (excluding diaryl/α,β-unsaturated/α-hetero) is 1. The van der Waals surface area contributed by atoms with Crippen LogP contribution in [0.25, 0.3) is 10.9 Å². The van der Waals surface area contributed by atoms with Crippen molar-refractivity contribution in [3.8, 4) is 5.75 Å². The number of carbonyl (C=O) groups excluding carboxylic acids is 1. The Bertz CT molecular complexity index is 554. The quantitative estimate of drug-likeness (QED) is 0.594. The predicted molar refractivity (Wildman–Crippen MR) is 56.2 cm³/mol. The van der Waals surface area contributed by atoms with Gasteiger partial charge < -0.3 is 5.11 Å². The van der Waals surface area contributed by atoms with Crippen molar-refractivity contribution in [3.05, 3.63) is 29.2 Å². The lowest BCUT2D eigenvalue weighted by molar-refractivity contribution is 0.101. The van der Waals surface area contributed by atoms with Crippen LogP contribution in [0, 0.1) is 0 Å². The Morgan fingerprint density at radius 2 is 2.13 bits per heavy atom.